The molecule has 2 unspecified atom stereocenters. The van der Waals surface area contributed by atoms with Crippen LogP contribution in [0.15, 0.2) is 42.5 Å². The van der Waals surface area contributed by atoms with Crippen molar-refractivity contribution in [2.24, 2.45) is 0 Å². The summed E-state index contributed by atoms with van der Waals surface area (Å²) in [5.41, 5.74) is 0.634. The first-order valence-corrected chi connectivity index (χ1v) is 13.2. The van der Waals surface area contributed by atoms with Gasteiger partial charge in [0.1, 0.15) is 11.9 Å². The van der Waals surface area contributed by atoms with Crippen molar-refractivity contribution in [1.29, 1.82) is 0 Å². The molecule has 0 spiro atoms. The number of aromatic nitrogens is 1. The molecule has 0 radical (unpaired) electrons. The normalized spacial score (nSPS) is 15.4. The summed E-state index contributed by atoms with van der Waals surface area (Å²) in [5, 5.41) is 26.1. The Hall–Kier alpha value is -3.11. The van der Waals surface area contributed by atoms with Crippen LogP contribution < -0.4 is 10.6 Å². The predicted octanol–water partition coefficient (Wildman–Crippen LogP) is 3.59. The Morgan fingerprint density at radius 1 is 1.11 bits per heavy atom. The molecule has 1 aromatic heterocycles. The maximum absolute atomic E-state index is 12.9. The molecule has 2 atom stereocenters. The fraction of sp³-hybridized carbons (Fsp3) is 0.536. The number of benzene rings is 1. The molecule has 0 aliphatic carbocycles. The molecule has 38 heavy (non-hydrogen) atoms. The smallest absolute Gasteiger partial charge is 0.326 e. The summed E-state index contributed by atoms with van der Waals surface area (Å²) >= 11 is 0. The number of halogens is 2. The molecule has 0 saturated carbocycles. The monoisotopic (exact) mass is 532 g/mol. The summed E-state index contributed by atoms with van der Waals surface area (Å²) in [6, 6.07) is 11.1. The summed E-state index contributed by atoms with van der Waals surface area (Å²) < 4.78 is 25.8. The van der Waals surface area contributed by atoms with Gasteiger partial charge in [-0.25, -0.2) is 18.6 Å². The number of hydrogen-bond acceptors (Lipinski definition) is 6. The Bertz CT molecular complexity index is 1050. The van der Waals surface area contributed by atoms with Crippen LogP contribution in [0.1, 0.15) is 55.8 Å². The minimum Gasteiger partial charge on any atom is -0.480 e. The van der Waals surface area contributed by atoms with Crippen molar-refractivity contribution >= 4 is 17.7 Å². The average molecular weight is 533 g/mol. The molecule has 208 valence electrons. The number of unbranched alkanes of at least 4 members (excludes halogenated alkanes) is 1. The molecule has 2 heterocycles. The molecular weight excluding hydrogens is 494 g/mol. The molecule has 10 heteroatoms. The van der Waals surface area contributed by atoms with Gasteiger partial charge in [0.05, 0.1) is 0 Å². The molecule has 1 aliphatic rings. The van der Waals surface area contributed by atoms with Crippen molar-refractivity contribution in [2.45, 2.75) is 69.9 Å². The van der Waals surface area contributed by atoms with E-state index in [1.807, 2.05) is 11.0 Å². The van der Waals surface area contributed by atoms with Gasteiger partial charge in [-0.1, -0.05) is 36.4 Å². The summed E-state index contributed by atoms with van der Waals surface area (Å²) in [4.78, 5) is 31.1. The van der Waals surface area contributed by atoms with Crippen LogP contribution in [0, 0.1) is 0 Å². The molecule has 1 aliphatic heterocycles. The maximum Gasteiger partial charge on any atom is 0.326 e. The van der Waals surface area contributed by atoms with Gasteiger partial charge in [-0.3, -0.25) is 4.79 Å². The fourth-order valence-electron chi connectivity index (χ4n) is 4.53. The van der Waals surface area contributed by atoms with E-state index in [4.69, 9.17) is 0 Å². The van der Waals surface area contributed by atoms with Crippen LogP contribution in [0.5, 0.6) is 0 Å². The molecule has 2 aromatic rings. The third-order valence-electron chi connectivity index (χ3n) is 6.89. The van der Waals surface area contributed by atoms with E-state index in [1.165, 1.54) is 12.5 Å². The minimum atomic E-state index is -2.46. The number of hydrogen-bond donors (Lipinski definition) is 4. The minimum absolute atomic E-state index is 0.0211. The Labute approximate surface area is 222 Å². The van der Waals surface area contributed by atoms with E-state index < -0.39 is 29.9 Å². The van der Waals surface area contributed by atoms with E-state index in [9.17, 15) is 28.6 Å². The third-order valence-corrected chi connectivity index (χ3v) is 6.89. The van der Waals surface area contributed by atoms with Crippen LogP contribution >= 0.6 is 0 Å². The average Bonchev–Trinajstić information content (AvgIpc) is 2.91. The molecule has 8 nitrogen and oxygen atoms in total. The van der Waals surface area contributed by atoms with Crippen molar-refractivity contribution in [3.63, 3.8) is 0 Å². The molecule has 0 saturated heterocycles. The van der Waals surface area contributed by atoms with Gasteiger partial charge >= 0.3 is 5.97 Å². The van der Waals surface area contributed by atoms with Gasteiger partial charge in [0, 0.05) is 31.7 Å². The zero-order chi connectivity index (χ0) is 27.5. The number of amides is 1. The number of aliphatic carboxylic acids is 1. The van der Waals surface area contributed by atoms with E-state index in [1.54, 1.807) is 30.3 Å². The number of carbonyl (C=O) groups excluding carboxylic acids is 1. The van der Waals surface area contributed by atoms with Crippen LogP contribution in [0.4, 0.5) is 14.6 Å². The highest BCUT2D eigenvalue weighted by Crippen LogP contribution is 2.22. The van der Waals surface area contributed by atoms with Crippen molar-refractivity contribution in [3.05, 3.63) is 59.3 Å². The second-order valence-corrected chi connectivity index (χ2v) is 9.91. The quantitative estimate of drug-likeness (QED) is 0.259. The van der Waals surface area contributed by atoms with Crippen molar-refractivity contribution in [3.8, 4) is 0 Å². The highest BCUT2D eigenvalue weighted by Gasteiger charge is 2.35. The van der Waals surface area contributed by atoms with E-state index in [0.29, 0.717) is 12.1 Å². The molecular formula is C28H38F2N4O4. The van der Waals surface area contributed by atoms with Gasteiger partial charge in [0.2, 0.25) is 6.43 Å². The number of anilines is 1. The van der Waals surface area contributed by atoms with Gasteiger partial charge in [-0.2, -0.15) is 0 Å². The van der Waals surface area contributed by atoms with Gasteiger partial charge in [-0.15, -0.1) is 0 Å². The van der Waals surface area contributed by atoms with Crippen molar-refractivity contribution in [2.75, 3.05) is 31.5 Å². The summed E-state index contributed by atoms with van der Waals surface area (Å²) in [5.74, 6) is -1.13. The third kappa shape index (κ3) is 8.73. The molecule has 0 bridgehead atoms. The summed E-state index contributed by atoms with van der Waals surface area (Å²) in [7, 11) is 0. The SMILES string of the molecule is CC(O)(C(=O)NC(CCN(CCCCc1ccc2c(n1)NCCC2)CCC(F)F)C(=O)O)c1ccccc1. The number of pyridine rings is 1. The standard InChI is InChI=1S/C28H38F2N4O4/c1-28(38,21-9-3-2-4-10-21)27(37)33-23(26(35)36)14-18-34(19-15-24(29)30)17-6-5-11-22-13-12-20-8-7-16-31-25(20)32-22/h2-4,9-10,12-13,23-24,38H,5-8,11,14-19H2,1H3,(H,31,32)(H,33,37)(H,35,36). The fourth-order valence-corrected chi connectivity index (χ4v) is 4.53. The molecule has 0 fully saturated rings. The molecule has 1 amide bonds. The molecule has 4 N–H and O–H groups in total. The Balaban J connectivity index is 1.52. The van der Waals surface area contributed by atoms with Gasteiger partial charge in [0.15, 0.2) is 5.60 Å². The van der Waals surface area contributed by atoms with Gasteiger partial charge in [-0.05, 0) is 69.2 Å². The number of aryl methyl sites for hydroxylation is 2. The van der Waals surface area contributed by atoms with Crippen molar-refractivity contribution in [1.82, 2.24) is 15.2 Å². The predicted molar refractivity (Wildman–Crippen MR) is 141 cm³/mol. The number of carboxylic acid groups (broad SMARTS) is 1. The first kappa shape index (κ1) is 29.4. The molecule has 1 aromatic carbocycles. The number of aliphatic hydroxyl groups is 1. The van der Waals surface area contributed by atoms with Crippen LogP contribution in [-0.2, 0) is 28.0 Å². The van der Waals surface area contributed by atoms with Gasteiger partial charge < -0.3 is 25.7 Å². The number of nitrogens with zero attached hydrogens (tertiary/aromatic N) is 2. The van der Waals surface area contributed by atoms with E-state index in [-0.39, 0.29) is 25.9 Å². The molecule has 3 rings (SSSR count). The van der Waals surface area contributed by atoms with E-state index in [2.05, 4.69) is 21.7 Å². The summed E-state index contributed by atoms with van der Waals surface area (Å²) in [6.45, 7) is 3.10. The largest absolute Gasteiger partial charge is 0.480 e. The number of alkyl halides is 2. The van der Waals surface area contributed by atoms with Crippen LogP contribution in [0.25, 0.3) is 0 Å². The highest BCUT2D eigenvalue weighted by atomic mass is 19.3. The summed E-state index contributed by atoms with van der Waals surface area (Å²) in [6.07, 6.45) is 1.69. The number of carbonyl (C=O) groups is 2. The topological polar surface area (TPSA) is 115 Å². The Morgan fingerprint density at radius 2 is 1.84 bits per heavy atom. The lowest BCUT2D eigenvalue weighted by Gasteiger charge is -2.27. The first-order valence-electron chi connectivity index (χ1n) is 13.2. The zero-order valence-electron chi connectivity index (χ0n) is 21.8. The Kier molecular flexibility index (Phi) is 11.0. The lowest BCUT2D eigenvalue weighted by atomic mass is 9.94. The highest BCUT2D eigenvalue weighted by molar-refractivity contribution is 5.89. The van der Waals surface area contributed by atoms with Crippen molar-refractivity contribution < 1.29 is 28.6 Å². The second-order valence-electron chi connectivity index (χ2n) is 9.91. The number of rotatable bonds is 15. The number of nitrogens with one attached hydrogen (secondary N) is 2. The van der Waals surface area contributed by atoms with E-state index in [0.717, 1.165) is 50.2 Å². The maximum atomic E-state index is 12.9. The number of fused-ring (bicyclic) bond motifs is 1. The lowest BCUT2D eigenvalue weighted by Crippen LogP contribution is -2.50. The van der Waals surface area contributed by atoms with E-state index >= 15 is 0 Å². The Morgan fingerprint density at radius 3 is 2.55 bits per heavy atom. The van der Waals surface area contributed by atoms with Gasteiger partial charge in [0.25, 0.3) is 5.91 Å². The lowest BCUT2D eigenvalue weighted by molar-refractivity contribution is -0.147. The second kappa shape index (κ2) is 14.2. The number of carboxylic acids is 1. The first-order chi connectivity index (χ1) is 18.2. The van der Waals surface area contributed by atoms with Crippen LogP contribution in [0.3, 0.4) is 0 Å². The zero-order valence-corrected chi connectivity index (χ0v) is 21.8. The van der Waals surface area contributed by atoms with Crippen LogP contribution in [0.2, 0.25) is 0 Å². The van der Waals surface area contributed by atoms with Crippen LogP contribution in [-0.4, -0.2) is 70.6 Å².